The summed E-state index contributed by atoms with van der Waals surface area (Å²) in [5.41, 5.74) is 5.73. The van der Waals surface area contributed by atoms with E-state index in [9.17, 15) is 4.79 Å². The molecular weight excluding hydrogens is 218 g/mol. The third-order valence-corrected chi connectivity index (χ3v) is 2.99. The summed E-state index contributed by atoms with van der Waals surface area (Å²) in [6, 6.07) is 18.1. The summed E-state index contributed by atoms with van der Waals surface area (Å²) in [6.45, 7) is 0. The Kier molecular flexibility index (Phi) is 3.27. The maximum absolute atomic E-state index is 11.0. The van der Waals surface area contributed by atoms with E-state index in [4.69, 9.17) is 5.73 Å². The fourth-order valence-electron chi connectivity index (χ4n) is 1.27. The first kappa shape index (κ1) is 10.8. The summed E-state index contributed by atoms with van der Waals surface area (Å²) < 4.78 is 0. The highest BCUT2D eigenvalue weighted by Gasteiger charge is 2.02. The lowest BCUT2D eigenvalue weighted by Gasteiger charge is -2.02. The van der Waals surface area contributed by atoms with Crippen molar-refractivity contribution in [3.8, 4) is 0 Å². The van der Waals surface area contributed by atoms with E-state index in [1.54, 1.807) is 30.0 Å². The molecule has 2 N–H and O–H groups in total. The number of primary amides is 1. The van der Waals surface area contributed by atoms with Crippen LogP contribution in [0.25, 0.3) is 0 Å². The second kappa shape index (κ2) is 4.86. The number of rotatable bonds is 3. The minimum absolute atomic E-state index is 0.413. The molecule has 3 heteroatoms. The second-order valence-electron chi connectivity index (χ2n) is 3.22. The molecule has 2 nitrogen and oxygen atoms in total. The predicted molar refractivity (Wildman–Crippen MR) is 64.4 cm³/mol. The number of hydrogen-bond acceptors (Lipinski definition) is 2. The van der Waals surface area contributed by atoms with Gasteiger partial charge in [0.2, 0.25) is 5.91 Å². The topological polar surface area (TPSA) is 43.1 Å². The van der Waals surface area contributed by atoms with Crippen molar-refractivity contribution in [3.63, 3.8) is 0 Å². The van der Waals surface area contributed by atoms with E-state index in [0.717, 1.165) is 9.79 Å². The Bertz CT molecular complexity index is 496. The predicted octanol–water partition coefficient (Wildman–Crippen LogP) is 2.74. The molecule has 0 aliphatic rings. The van der Waals surface area contributed by atoms with Crippen molar-refractivity contribution in [2.24, 2.45) is 5.73 Å². The van der Waals surface area contributed by atoms with Crippen LogP contribution in [0.1, 0.15) is 10.4 Å². The number of benzene rings is 2. The molecule has 0 fully saturated rings. The molecule has 1 radical (unpaired) electrons. The second-order valence-corrected chi connectivity index (χ2v) is 4.34. The van der Waals surface area contributed by atoms with Crippen LogP contribution < -0.4 is 5.73 Å². The van der Waals surface area contributed by atoms with Gasteiger partial charge in [-0.1, -0.05) is 36.0 Å². The SMILES string of the molecule is NC(=O)c1cc[c]c(Sc2ccccc2)c1. The van der Waals surface area contributed by atoms with Gasteiger partial charge < -0.3 is 5.73 Å². The van der Waals surface area contributed by atoms with E-state index in [2.05, 4.69) is 6.07 Å². The number of hydrogen-bond donors (Lipinski definition) is 1. The highest BCUT2D eigenvalue weighted by atomic mass is 32.2. The molecule has 2 aromatic carbocycles. The molecule has 0 aromatic heterocycles. The van der Waals surface area contributed by atoms with Crippen LogP contribution in [0.15, 0.2) is 58.3 Å². The first-order valence-corrected chi connectivity index (χ1v) is 5.62. The summed E-state index contributed by atoms with van der Waals surface area (Å²) in [4.78, 5) is 13.0. The maximum Gasteiger partial charge on any atom is 0.248 e. The molecule has 2 aromatic rings. The highest BCUT2D eigenvalue weighted by molar-refractivity contribution is 7.99. The monoisotopic (exact) mass is 228 g/mol. The normalized spacial score (nSPS) is 10.0. The first-order valence-electron chi connectivity index (χ1n) is 4.80. The van der Waals surface area contributed by atoms with Crippen molar-refractivity contribution < 1.29 is 4.79 Å². The quantitative estimate of drug-likeness (QED) is 0.877. The molecule has 0 aliphatic heterocycles. The zero-order valence-electron chi connectivity index (χ0n) is 8.51. The van der Waals surface area contributed by atoms with Gasteiger partial charge in [-0.3, -0.25) is 4.79 Å². The average molecular weight is 228 g/mol. The van der Waals surface area contributed by atoms with Crippen LogP contribution in [0.4, 0.5) is 0 Å². The summed E-state index contributed by atoms with van der Waals surface area (Å²) in [5.74, 6) is -0.413. The summed E-state index contributed by atoms with van der Waals surface area (Å²) in [7, 11) is 0. The van der Waals surface area contributed by atoms with Crippen LogP contribution in [0, 0.1) is 6.07 Å². The zero-order valence-corrected chi connectivity index (χ0v) is 9.33. The molecule has 0 aliphatic carbocycles. The fraction of sp³-hybridized carbons (Fsp3) is 0. The summed E-state index contributed by atoms with van der Waals surface area (Å²) >= 11 is 1.56. The molecular formula is C13H10NOS. The van der Waals surface area contributed by atoms with Gasteiger partial charge >= 0.3 is 0 Å². The van der Waals surface area contributed by atoms with Crippen molar-refractivity contribution in [3.05, 3.63) is 60.2 Å². The van der Waals surface area contributed by atoms with E-state index in [1.165, 1.54) is 0 Å². The van der Waals surface area contributed by atoms with Crippen LogP contribution in [0.3, 0.4) is 0 Å². The Morgan fingerprint density at radius 2 is 1.94 bits per heavy atom. The van der Waals surface area contributed by atoms with E-state index in [0.29, 0.717) is 5.56 Å². The van der Waals surface area contributed by atoms with E-state index >= 15 is 0 Å². The van der Waals surface area contributed by atoms with E-state index in [1.807, 2.05) is 30.3 Å². The molecule has 0 spiro atoms. The number of carbonyl (C=O) groups excluding carboxylic acids is 1. The van der Waals surface area contributed by atoms with E-state index < -0.39 is 5.91 Å². The molecule has 79 valence electrons. The van der Waals surface area contributed by atoms with Crippen molar-refractivity contribution in [1.29, 1.82) is 0 Å². The van der Waals surface area contributed by atoms with Gasteiger partial charge in [-0.05, 0) is 30.3 Å². The van der Waals surface area contributed by atoms with Crippen molar-refractivity contribution in [2.75, 3.05) is 0 Å². The zero-order chi connectivity index (χ0) is 11.4. The summed E-state index contributed by atoms with van der Waals surface area (Å²) in [5, 5.41) is 0. The van der Waals surface area contributed by atoms with Gasteiger partial charge in [0, 0.05) is 15.4 Å². The minimum atomic E-state index is -0.413. The minimum Gasteiger partial charge on any atom is -0.366 e. The van der Waals surface area contributed by atoms with Crippen LogP contribution in [0.5, 0.6) is 0 Å². The Labute approximate surface area is 98.5 Å². The third-order valence-electron chi connectivity index (χ3n) is 2.03. The lowest BCUT2D eigenvalue weighted by Crippen LogP contribution is -2.10. The first-order chi connectivity index (χ1) is 7.75. The van der Waals surface area contributed by atoms with Crippen LogP contribution in [-0.4, -0.2) is 5.91 Å². The van der Waals surface area contributed by atoms with Crippen LogP contribution in [0.2, 0.25) is 0 Å². The van der Waals surface area contributed by atoms with Gasteiger partial charge in [-0.15, -0.1) is 0 Å². The smallest absolute Gasteiger partial charge is 0.248 e. The highest BCUT2D eigenvalue weighted by Crippen LogP contribution is 2.27. The van der Waals surface area contributed by atoms with E-state index in [-0.39, 0.29) is 0 Å². The number of nitrogens with two attached hydrogens (primary N) is 1. The van der Waals surface area contributed by atoms with Crippen molar-refractivity contribution in [2.45, 2.75) is 9.79 Å². The van der Waals surface area contributed by atoms with Gasteiger partial charge in [0.15, 0.2) is 0 Å². The van der Waals surface area contributed by atoms with Crippen molar-refractivity contribution in [1.82, 2.24) is 0 Å². The van der Waals surface area contributed by atoms with Crippen LogP contribution in [-0.2, 0) is 0 Å². The largest absolute Gasteiger partial charge is 0.366 e. The van der Waals surface area contributed by atoms with Gasteiger partial charge in [0.1, 0.15) is 0 Å². The molecule has 0 atom stereocenters. The van der Waals surface area contributed by atoms with Gasteiger partial charge in [0.05, 0.1) is 0 Å². The number of carbonyl (C=O) groups is 1. The molecule has 16 heavy (non-hydrogen) atoms. The maximum atomic E-state index is 11.0. The Morgan fingerprint density at radius 1 is 1.19 bits per heavy atom. The fourth-order valence-corrected chi connectivity index (χ4v) is 2.13. The summed E-state index contributed by atoms with van der Waals surface area (Å²) in [6.07, 6.45) is 0. The third kappa shape index (κ3) is 2.64. The standard InChI is InChI=1S/C13H10NOS/c14-13(15)10-5-4-8-12(9-10)16-11-6-2-1-3-7-11/h1-7,9H,(H2,14,15). The molecule has 0 bridgehead atoms. The van der Waals surface area contributed by atoms with Gasteiger partial charge in [-0.2, -0.15) is 0 Å². The van der Waals surface area contributed by atoms with Crippen LogP contribution >= 0.6 is 11.8 Å². The molecule has 2 rings (SSSR count). The molecule has 0 saturated heterocycles. The Hall–Kier alpha value is -1.74. The average Bonchev–Trinajstić information content (AvgIpc) is 2.30. The lowest BCUT2D eigenvalue weighted by molar-refractivity contribution is 0.1000. The molecule has 1 amide bonds. The Morgan fingerprint density at radius 3 is 2.62 bits per heavy atom. The lowest BCUT2D eigenvalue weighted by atomic mass is 10.2. The molecule has 0 unspecified atom stereocenters. The van der Waals surface area contributed by atoms with Gasteiger partial charge in [0.25, 0.3) is 0 Å². The molecule has 0 saturated carbocycles. The van der Waals surface area contributed by atoms with Crippen molar-refractivity contribution >= 4 is 17.7 Å². The Balaban J connectivity index is 2.22. The molecule has 0 heterocycles. The van der Waals surface area contributed by atoms with Gasteiger partial charge in [-0.25, -0.2) is 0 Å². The number of amides is 1.